The lowest BCUT2D eigenvalue weighted by atomic mass is 10.1. The smallest absolute Gasteiger partial charge is 0.271 e. The Morgan fingerprint density at radius 3 is 2.72 bits per heavy atom. The van der Waals surface area contributed by atoms with E-state index >= 15 is 0 Å². The number of carbonyl (C=O) groups is 1. The molecule has 1 aliphatic heterocycles. The summed E-state index contributed by atoms with van der Waals surface area (Å²) in [6, 6.07) is 12.3. The molecule has 0 spiro atoms. The number of nitrogens with zero attached hydrogens (tertiary/aromatic N) is 2. The van der Waals surface area contributed by atoms with Crippen molar-refractivity contribution in [1.82, 2.24) is 0 Å². The third-order valence-electron chi connectivity index (χ3n) is 4.04. The minimum atomic E-state index is -2.71. The van der Waals surface area contributed by atoms with Crippen LogP contribution >= 0.6 is 23.4 Å². The number of amidine groups is 1. The maximum Gasteiger partial charge on any atom is 0.271 e. The molecule has 1 atom stereocenters. The van der Waals surface area contributed by atoms with Crippen LogP contribution in [0.1, 0.15) is 24.5 Å². The number of hydrogen-bond acceptors (Lipinski definition) is 6. The minimum Gasteiger partial charge on any atom is -0.740 e. The van der Waals surface area contributed by atoms with Crippen LogP contribution in [0, 0.1) is 6.92 Å². The van der Waals surface area contributed by atoms with Gasteiger partial charge in [0.2, 0.25) is 0 Å². The van der Waals surface area contributed by atoms with Gasteiger partial charge in [-0.1, -0.05) is 42.8 Å². The van der Waals surface area contributed by atoms with E-state index in [1.54, 1.807) is 23.1 Å². The average molecular weight is 450 g/mol. The number of anilines is 1. The van der Waals surface area contributed by atoms with Crippen LogP contribution in [0.3, 0.4) is 0 Å². The fourth-order valence-corrected chi connectivity index (χ4v) is 4.28. The van der Waals surface area contributed by atoms with Crippen molar-refractivity contribution >= 4 is 57.6 Å². The summed E-state index contributed by atoms with van der Waals surface area (Å²) in [5.41, 5.74) is 2.42. The van der Waals surface area contributed by atoms with E-state index in [2.05, 4.69) is 9.18 Å². The Morgan fingerprint density at radius 1 is 1.31 bits per heavy atom. The Labute approximate surface area is 181 Å². The molecule has 1 heterocycles. The number of halogens is 1. The lowest BCUT2D eigenvalue weighted by Crippen LogP contribution is -2.29. The highest BCUT2D eigenvalue weighted by molar-refractivity contribution is 8.19. The predicted molar refractivity (Wildman–Crippen MR) is 118 cm³/mol. The fraction of sp³-hybridized carbons (Fsp3) is 0.200. The van der Waals surface area contributed by atoms with E-state index < -0.39 is 11.4 Å². The zero-order chi connectivity index (χ0) is 21.0. The molecule has 2 aromatic carbocycles. The van der Waals surface area contributed by atoms with E-state index in [-0.39, 0.29) is 16.7 Å². The van der Waals surface area contributed by atoms with Crippen LogP contribution in [0.2, 0.25) is 5.02 Å². The van der Waals surface area contributed by atoms with Crippen molar-refractivity contribution in [1.29, 1.82) is 0 Å². The molecular weight excluding hydrogens is 432 g/mol. The number of hydrogen-bond donors (Lipinski definition) is 0. The molecule has 6 nitrogen and oxygen atoms in total. The Kier molecular flexibility index (Phi) is 7.13. The summed E-state index contributed by atoms with van der Waals surface area (Å²) < 4.78 is 26.0. The molecule has 9 heteroatoms. The third kappa shape index (κ3) is 5.08. The molecule has 1 fully saturated rings. The number of benzene rings is 2. The van der Waals surface area contributed by atoms with Gasteiger partial charge >= 0.3 is 0 Å². The third-order valence-corrected chi connectivity index (χ3v) is 5.66. The van der Waals surface area contributed by atoms with Crippen molar-refractivity contribution in [2.24, 2.45) is 4.99 Å². The summed E-state index contributed by atoms with van der Waals surface area (Å²) in [4.78, 5) is 19.9. The van der Waals surface area contributed by atoms with E-state index in [0.717, 1.165) is 17.7 Å². The van der Waals surface area contributed by atoms with E-state index in [9.17, 15) is 13.6 Å². The van der Waals surface area contributed by atoms with Gasteiger partial charge in [0.15, 0.2) is 10.9 Å². The first-order chi connectivity index (χ1) is 13.9. The predicted octanol–water partition coefficient (Wildman–Crippen LogP) is 4.71. The number of aliphatic imine (C=N–C) groups is 1. The van der Waals surface area contributed by atoms with Gasteiger partial charge in [0, 0.05) is 6.54 Å². The summed E-state index contributed by atoms with van der Waals surface area (Å²) >= 11 is 4.67. The first kappa shape index (κ1) is 21.6. The molecular formula is C20H18ClN2O4S2-. The van der Waals surface area contributed by atoms with Crippen LogP contribution in [0.4, 0.5) is 5.69 Å². The molecule has 1 amide bonds. The van der Waals surface area contributed by atoms with Gasteiger partial charge in [-0.2, -0.15) is 0 Å². The average Bonchev–Trinajstić information content (AvgIpc) is 2.98. The fourth-order valence-electron chi connectivity index (χ4n) is 2.71. The van der Waals surface area contributed by atoms with E-state index in [1.165, 1.54) is 17.8 Å². The number of carbonyl (C=O) groups excluding carboxylic acids is 1. The largest absolute Gasteiger partial charge is 0.740 e. The van der Waals surface area contributed by atoms with Crippen LogP contribution in [-0.2, 0) is 16.2 Å². The van der Waals surface area contributed by atoms with Crippen LogP contribution in [0.5, 0.6) is 5.75 Å². The number of rotatable bonds is 6. The number of aryl methyl sites for hydroxylation is 1. The SMILES string of the molecule is CCCN=C1S/C(=C\c2ccc(OS(=O)[O-])c(Cl)c2)C(=O)N1c1ccccc1C. The van der Waals surface area contributed by atoms with E-state index in [0.29, 0.717) is 22.2 Å². The number of amides is 1. The second-order valence-electron chi connectivity index (χ2n) is 6.18. The Hall–Kier alpha value is -2.13. The molecule has 3 rings (SSSR count). The molecule has 152 valence electrons. The van der Waals surface area contributed by atoms with Gasteiger partial charge in [-0.05, 0) is 60.5 Å². The lowest BCUT2D eigenvalue weighted by molar-refractivity contribution is -0.113. The first-order valence-corrected chi connectivity index (χ1v) is 11.0. The monoisotopic (exact) mass is 449 g/mol. The van der Waals surface area contributed by atoms with E-state index in [4.69, 9.17) is 11.6 Å². The van der Waals surface area contributed by atoms with Crippen LogP contribution in [0.15, 0.2) is 52.4 Å². The second-order valence-corrected chi connectivity index (χ2v) is 8.17. The lowest BCUT2D eigenvalue weighted by Gasteiger charge is -2.18. The van der Waals surface area contributed by atoms with Crippen LogP contribution in [-0.4, -0.2) is 26.4 Å². The van der Waals surface area contributed by atoms with Crippen molar-refractivity contribution < 1.29 is 17.7 Å². The standard InChI is InChI=1S/C20H19ClN2O4S2/c1-3-10-22-20-23(16-7-5-4-6-13(16)2)19(24)18(28-20)12-14-8-9-17(15(21)11-14)27-29(25)26/h4-9,11-12H,3,10H2,1-2H3,(H,25,26)/p-1/b18-12-,22-20?. The molecule has 0 aliphatic carbocycles. The van der Waals surface area contributed by atoms with Crippen LogP contribution in [0.25, 0.3) is 6.08 Å². The van der Waals surface area contributed by atoms with Crippen LogP contribution < -0.4 is 9.08 Å². The molecule has 2 aromatic rings. The van der Waals surface area contributed by atoms with Crippen molar-refractivity contribution in [3.8, 4) is 5.75 Å². The maximum absolute atomic E-state index is 13.2. The minimum absolute atomic E-state index is 0.0271. The molecule has 29 heavy (non-hydrogen) atoms. The highest BCUT2D eigenvalue weighted by Gasteiger charge is 2.35. The number of thioether (sulfide) groups is 1. The zero-order valence-electron chi connectivity index (χ0n) is 15.8. The van der Waals surface area contributed by atoms with Gasteiger partial charge in [0.05, 0.1) is 15.6 Å². The topological polar surface area (TPSA) is 82.0 Å². The molecule has 1 unspecified atom stereocenters. The maximum atomic E-state index is 13.2. The molecule has 0 radical (unpaired) electrons. The molecule has 0 bridgehead atoms. The van der Waals surface area contributed by atoms with Crippen molar-refractivity contribution in [3.63, 3.8) is 0 Å². The molecule has 0 aromatic heterocycles. The van der Waals surface area contributed by atoms with E-state index in [1.807, 2.05) is 38.1 Å². The Morgan fingerprint density at radius 2 is 2.07 bits per heavy atom. The van der Waals surface area contributed by atoms with Crippen molar-refractivity contribution in [2.45, 2.75) is 20.3 Å². The van der Waals surface area contributed by atoms with Gasteiger partial charge < -0.3 is 8.74 Å². The number of para-hydroxylation sites is 1. The van der Waals surface area contributed by atoms with Gasteiger partial charge in [-0.25, -0.2) is 4.21 Å². The Bertz CT molecular complexity index is 1020. The summed E-state index contributed by atoms with van der Waals surface area (Å²) in [6.45, 7) is 4.60. The highest BCUT2D eigenvalue weighted by atomic mass is 35.5. The molecule has 1 saturated heterocycles. The summed E-state index contributed by atoms with van der Waals surface area (Å²) in [5.74, 6) is -0.143. The van der Waals surface area contributed by atoms with Gasteiger partial charge in [0.25, 0.3) is 5.91 Å². The zero-order valence-corrected chi connectivity index (χ0v) is 18.1. The van der Waals surface area contributed by atoms with Gasteiger partial charge in [-0.3, -0.25) is 14.7 Å². The highest BCUT2D eigenvalue weighted by Crippen LogP contribution is 2.38. The molecule has 0 N–H and O–H groups in total. The normalized spacial score (nSPS) is 17.9. The summed E-state index contributed by atoms with van der Waals surface area (Å²) in [6.07, 6.45) is 2.58. The van der Waals surface area contributed by atoms with Gasteiger partial charge in [-0.15, -0.1) is 0 Å². The van der Waals surface area contributed by atoms with Crippen molar-refractivity contribution in [2.75, 3.05) is 11.4 Å². The molecule has 0 saturated carbocycles. The van der Waals surface area contributed by atoms with Crippen molar-refractivity contribution in [3.05, 3.63) is 63.5 Å². The first-order valence-electron chi connectivity index (χ1n) is 8.82. The molecule has 1 aliphatic rings. The summed E-state index contributed by atoms with van der Waals surface area (Å²) in [7, 11) is 0. The summed E-state index contributed by atoms with van der Waals surface area (Å²) in [5, 5.41) is 0.764. The Balaban J connectivity index is 1.96. The quantitative estimate of drug-likeness (QED) is 0.471. The van der Waals surface area contributed by atoms with Gasteiger partial charge in [0.1, 0.15) is 11.4 Å². The second kappa shape index (κ2) is 9.58.